The first-order valence-electron chi connectivity index (χ1n) is 5.82. The fraction of sp³-hybridized carbons (Fsp3) is 0.267. The molecule has 0 spiro atoms. The molecule has 0 aliphatic heterocycles. The van der Waals surface area contributed by atoms with Crippen LogP contribution in [0, 0.1) is 13.8 Å². The van der Waals surface area contributed by atoms with E-state index in [1.807, 2.05) is 37.3 Å². The minimum absolute atomic E-state index is 0.137. The summed E-state index contributed by atoms with van der Waals surface area (Å²) in [4.78, 5) is 14.3. The van der Waals surface area contributed by atoms with Crippen molar-refractivity contribution < 1.29 is 4.79 Å². The summed E-state index contributed by atoms with van der Waals surface area (Å²) in [7, 11) is 0. The van der Waals surface area contributed by atoms with Crippen molar-refractivity contribution in [1.82, 2.24) is 0 Å². The molecule has 0 atom stereocenters. The number of carbonyl (C=O) groups is 1. The van der Waals surface area contributed by atoms with Gasteiger partial charge in [-0.15, -0.1) is 11.3 Å². The molecule has 2 heteroatoms. The van der Waals surface area contributed by atoms with Gasteiger partial charge in [-0.25, -0.2) is 0 Å². The third kappa shape index (κ3) is 2.47. The highest BCUT2D eigenvalue weighted by Gasteiger charge is 2.11. The molecule has 0 N–H and O–H groups in total. The molecule has 1 aromatic carbocycles. The molecule has 0 aliphatic rings. The van der Waals surface area contributed by atoms with Crippen molar-refractivity contribution in [2.24, 2.45) is 0 Å². The zero-order valence-corrected chi connectivity index (χ0v) is 11.2. The quantitative estimate of drug-likeness (QED) is 0.741. The summed E-state index contributed by atoms with van der Waals surface area (Å²) in [5.74, 6) is 0.137. The van der Waals surface area contributed by atoms with Gasteiger partial charge >= 0.3 is 0 Å². The van der Waals surface area contributed by atoms with Gasteiger partial charge < -0.3 is 0 Å². The lowest BCUT2D eigenvalue weighted by atomic mass is 10.0. The Morgan fingerprint density at radius 3 is 2.47 bits per heavy atom. The molecule has 2 aromatic rings. The summed E-state index contributed by atoms with van der Waals surface area (Å²) in [5, 5.41) is 0. The first-order valence-corrected chi connectivity index (χ1v) is 6.64. The molecule has 0 aliphatic carbocycles. The molecular formula is C15H16OS. The van der Waals surface area contributed by atoms with E-state index in [0.717, 1.165) is 16.9 Å². The van der Waals surface area contributed by atoms with E-state index in [9.17, 15) is 4.79 Å². The van der Waals surface area contributed by atoms with Gasteiger partial charge in [-0.3, -0.25) is 4.79 Å². The number of thiophene rings is 1. The van der Waals surface area contributed by atoms with Crippen LogP contribution in [0.15, 0.2) is 30.3 Å². The number of benzene rings is 1. The predicted octanol–water partition coefficient (Wildman–Crippen LogP) is 4.16. The molecule has 0 fully saturated rings. The van der Waals surface area contributed by atoms with Crippen molar-refractivity contribution in [3.8, 4) is 0 Å². The van der Waals surface area contributed by atoms with Gasteiger partial charge in [0.1, 0.15) is 0 Å². The SMILES string of the molecule is CCc1ccc(C(=O)c2ccc(C)c(C)c2)s1. The Morgan fingerprint density at radius 2 is 1.88 bits per heavy atom. The van der Waals surface area contributed by atoms with Gasteiger partial charge in [0.25, 0.3) is 0 Å². The third-order valence-corrected chi connectivity index (χ3v) is 4.23. The van der Waals surface area contributed by atoms with Crippen LogP contribution in [0.1, 0.15) is 38.2 Å². The monoisotopic (exact) mass is 244 g/mol. The highest BCUT2D eigenvalue weighted by atomic mass is 32.1. The van der Waals surface area contributed by atoms with Crippen LogP contribution in [0.3, 0.4) is 0 Å². The maximum absolute atomic E-state index is 12.2. The lowest BCUT2D eigenvalue weighted by molar-refractivity contribution is 0.104. The zero-order valence-electron chi connectivity index (χ0n) is 10.4. The smallest absolute Gasteiger partial charge is 0.202 e. The maximum atomic E-state index is 12.2. The Morgan fingerprint density at radius 1 is 1.12 bits per heavy atom. The fourth-order valence-corrected chi connectivity index (χ4v) is 2.62. The molecule has 0 amide bonds. The summed E-state index contributed by atoms with van der Waals surface area (Å²) < 4.78 is 0. The van der Waals surface area contributed by atoms with E-state index in [-0.39, 0.29) is 5.78 Å². The third-order valence-electron chi connectivity index (χ3n) is 3.00. The minimum Gasteiger partial charge on any atom is -0.288 e. The second kappa shape index (κ2) is 4.84. The van der Waals surface area contributed by atoms with E-state index < -0.39 is 0 Å². The number of carbonyl (C=O) groups excluding carboxylic acids is 1. The number of hydrogen-bond donors (Lipinski definition) is 0. The molecule has 1 aromatic heterocycles. The lowest BCUT2D eigenvalue weighted by Crippen LogP contribution is -1.99. The van der Waals surface area contributed by atoms with Crippen LogP contribution in [0.4, 0.5) is 0 Å². The number of rotatable bonds is 3. The summed E-state index contributed by atoms with van der Waals surface area (Å²) in [6.07, 6.45) is 0.991. The molecule has 0 radical (unpaired) electrons. The number of hydrogen-bond acceptors (Lipinski definition) is 2. The Labute approximate surface area is 106 Å². The topological polar surface area (TPSA) is 17.1 Å². The van der Waals surface area contributed by atoms with Crippen molar-refractivity contribution in [2.75, 3.05) is 0 Å². The average Bonchev–Trinajstić information content (AvgIpc) is 2.80. The Kier molecular flexibility index (Phi) is 3.43. The van der Waals surface area contributed by atoms with Crippen LogP contribution in [0.2, 0.25) is 0 Å². The van der Waals surface area contributed by atoms with E-state index in [4.69, 9.17) is 0 Å². The number of aryl methyl sites for hydroxylation is 3. The molecule has 0 saturated carbocycles. The molecule has 88 valence electrons. The fourth-order valence-electron chi connectivity index (χ4n) is 1.71. The average molecular weight is 244 g/mol. The van der Waals surface area contributed by atoms with Crippen molar-refractivity contribution in [3.05, 3.63) is 56.8 Å². The first-order chi connectivity index (χ1) is 8.11. The molecule has 17 heavy (non-hydrogen) atoms. The summed E-state index contributed by atoms with van der Waals surface area (Å²) >= 11 is 1.60. The lowest BCUT2D eigenvalue weighted by Gasteiger charge is -2.03. The standard InChI is InChI=1S/C15H16OS/c1-4-13-7-8-14(17-13)15(16)12-6-5-10(2)11(3)9-12/h5-9H,4H2,1-3H3. The molecule has 0 saturated heterocycles. The predicted molar refractivity (Wildman–Crippen MR) is 73.0 cm³/mol. The maximum Gasteiger partial charge on any atom is 0.202 e. The zero-order chi connectivity index (χ0) is 12.4. The van der Waals surface area contributed by atoms with E-state index >= 15 is 0 Å². The summed E-state index contributed by atoms with van der Waals surface area (Å²) in [6, 6.07) is 9.87. The molecule has 0 unspecified atom stereocenters. The van der Waals surface area contributed by atoms with E-state index in [1.54, 1.807) is 11.3 Å². The van der Waals surface area contributed by atoms with E-state index in [1.165, 1.54) is 16.0 Å². The van der Waals surface area contributed by atoms with Crippen molar-refractivity contribution >= 4 is 17.1 Å². The Bertz CT molecular complexity index is 552. The highest BCUT2D eigenvalue weighted by Crippen LogP contribution is 2.21. The summed E-state index contributed by atoms with van der Waals surface area (Å²) in [6.45, 7) is 6.21. The van der Waals surface area contributed by atoms with E-state index in [0.29, 0.717) is 0 Å². The van der Waals surface area contributed by atoms with Crippen molar-refractivity contribution in [1.29, 1.82) is 0 Å². The van der Waals surface area contributed by atoms with Gasteiger partial charge in [-0.05, 0) is 49.6 Å². The van der Waals surface area contributed by atoms with Gasteiger partial charge in [0, 0.05) is 10.4 Å². The molecule has 2 rings (SSSR count). The summed E-state index contributed by atoms with van der Waals surface area (Å²) in [5.41, 5.74) is 3.18. The normalized spacial score (nSPS) is 10.5. The van der Waals surface area contributed by atoms with Crippen molar-refractivity contribution in [2.45, 2.75) is 27.2 Å². The van der Waals surface area contributed by atoms with Crippen LogP contribution in [0.5, 0.6) is 0 Å². The highest BCUT2D eigenvalue weighted by molar-refractivity contribution is 7.14. The van der Waals surface area contributed by atoms with Crippen LogP contribution >= 0.6 is 11.3 Å². The Hall–Kier alpha value is -1.41. The Balaban J connectivity index is 2.33. The van der Waals surface area contributed by atoms with Crippen LogP contribution in [-0.2, 0) is 6.42 Å². The van der Waals surface area contributed by atoms with Gasteiger partial charge in [-0.1, -0.05) is 19.1 Å². The van der Waals surface area contributed by atoms with E-state index in [2.05, 4.69) is 13.8 Å². The minimum atomic E-state index is 0.137. The largest absolute Gasteiger partial charge is 0.288 e. The molecule has 1 heterocycles. The van der Waals surface area contributed by atoms with Gasteiger partial charge in [0.15, 0.2) is 0 Å². The first kappa shape index (κ1) is 12.1. The second-order valence-corrected chi connectivity index (χ2v) is 5.42. The second-order valence-electron chi connectivity index (χ2n) is 4.25. The van der Waals surface area contributed by atoms with Gasteiger partial charge in [0.2, 0.25) is 5.78 Å². The van der Waals surface area contributed by atoms with Gasteiger partial charge in [-0.2, -0.15) is 0 Å². The molecule has 1 nitrogen and oxygen atoms in total. The van der Waals surface area contributed by atoms with Gasteiger partial charge in [0.05, 0.1) is 4.88 Å². The molecular weight excluding hydrogens is 228 g/mol. The number of ketones is 1. The van der Waals surface area contributed by atoms with Crippen LogP contribution in [-0.4, -0.2) is 5.78 Å². The molecule has 0 bridgehead atoms. The van der Waals surface area contributed by atoms with Crippen LogP contribution < -0.4 is 0 Å². The van der Waals surface area contributed by atoms with Crippen LogP contribution in [0.25, 0.3) is 0 Å². The van der Waals surface area contributed by atoms with Crippen molar-refractivity contribution in [3.63, 3.8) is 0 Å².